The van der Waals surface area contributed by atoms with E-state index in [2.05, 4.69) is 50.5 Å². The third-order valence-electron chi connectivity index (χ3n) is 10.1. The molecular formula is C27H37N3O3. The van der Waals surface area contributed by atoms with Crippen molar-refractivity contribution in [2.45, 2.75) is 34.6 Å². The van der Waals surface area contributed by atoms with Crippen LogP contribution in [0.3, 0.4) is 0 Å². The molecule has 2 bridgehead atoms. The molecule has 178 valence electrons. The summed E-state index contributed by atoms with van der Waals surface area (Å²) in [7, 11) is 1.71. The van der Waals surface area contributed by atoms with Crippen molar-refractivity contribution in [3.63, 3.8) is 0 Å². The minimum atomic E-state index is -0.203. The number of amides is 2. The lowest BCUT2D eigenvalue weighted by atomic mass is 9.66. The van der Waals surface area contributed by atoms with Crippen LogP contribution >= 0.6 is 0 Å². The zero-order chi connectivity index (χ0) is 23.7. The fourth-order valence-electron chi connectivity index (χ4n) is 7.59. The number of hydrogen-bond acceptors (Lipinski definition) is 5. The summed E-state index contributed by atoms with van der Waals surface area (Å²) >= 11 is 0. The molecule has 2 aliphatic carbocycles. The van der Waals surface area contributed by atoms with Gasteiger partial charge in [-0.05, 0) is 31.9 Å². The van der Waals surface area contributed by atoms with Gasteiger partial charge < -0.3 is 9.64 Å². The Morgan fingerprint density at radius 1 is 0.909 bits per heavy atom. The summed E-state index contributed by atoms with van der Waals surface area (Å²) in [5.41, 5.74) is 3.38. The Morgan fingerprint density at radius 2 is 1.45 bits per heavy atom. The number of imide groups is 1. The summed E-state index contributed by atoms with van der Waals surface area (Å²) in [6, 6.07) is 8.13. The van der Waals surface area contributed by atoms with Crippen molar-refractivity contribution in [1.82, 2.24) is 9.80 Å². The summed E-state index contributed by atoms with van der Waals surface area (Å²) in [6.45, 7) is 15.9. The van der Waals surface area contributed by atoms with Crippen molar-refractivity contribution >= 4 is 17.5 Å². The van der Waals surface area contributed by atoms with E-state index >= 15 is 0 Å². The number of rotatable bonds is 5. The van der Waals surface area contributed by atoms with Crippen LogP contribution in [0.15, 0.2) is 35.4 Å². The van der Waals surface area contributed by atoms with Crippen LogP contribution in [-0.4, -0.2) is 68.0 Å². The predicted molar refractivity (Wildman–Crippen MR) is 129 cm³/mol. The van der Waals surface area contributed by atoms with Gasteiger partial charge in [-0.3, -0.25) is 19.4 Å². The number of nitrogens with zero attached hydrogens (tertiary/aromatic N) is 3. The summed E-state index contributed by atoms with van der Waals surface area (Å²) < 4.78 is 5.52. The number of carbonyl (C=O) groups excluding carboxylic acids is 2. The van der Waals surface area contributed by atoms with E-state index in [-0.39, 0.29) is 34.5 Å². The number of para-hydroxylation sites is 2. The second kappa shape index (κ2) is 7.59. The van der Waals surface area contributed by atoms with Gasteiger partial charge in [-0.2, -0.15) is 0 Å². The molecule has 3 unspecified atom stereocenters. The highest BCUT2D eigenvalue weighted by Gasteiger charge is 2.75. The molecule has 6 nitrogen and oxygen atoms in total. The largest absolute Gasteiger partial charge is 0.495 e. The van der Waals surface area contributed by atoms with E-state index in [1.807, 2.05) is 18.2 Å². The number of likely N-dealkylation sites (tertiary alicyclic amines) is 1. The molecule has 0 radical (unpaired) electrons. The first-order valence-corrected chi connectivity index (χ1v) is 12.3. The van der Waals surface area contributed by atoms with Crippen LogP contribution in [0.2, 0.25) is 0 Å². The van der Waals surface area contributed by atoms with Gasteiger partial charge in [0.1, 0.15) is 5.75 Å². The van der Waals surface area contributed by atoms with Crippen molar-refractivity contribution in [3.05, 3.63) is 35.4 Å². The molecule has 2 saturated heterocycles. The van der Waals surface area contributed by atoms with Crippen LogP contribution in [-0.2, 0) is 9.59 Å². The van der Waals surface area contributed by atoms with E-state index in [9.17, 15) is 9.59 Å². The van der Waals surface area contributed by atoms with Crippen LogP contribution in [0, 0.1) is 28.6 Å². The molecule has 1 aromatic rings. The maximum absolute atomic E-state index is 13.6. The Balaban J connectivity index is 1.24. The van der Waals surface area contributed by atoms with Crippen LogP contribution in [0.5, 0.6) is 5.75 Å². The number of hydrogen-bond donors (Lipinski definition) is 0. The van der Waals surface area contributed by atoms with Crippen molar-refractivity contribution < 1.29 is 14.3 Å². The van der Waals surface area contributed by atoms with Crippen LogP contribution in [0.1, 0.15) is 34.6 Å². The molecule has 2 amide bonds. The number of allylic oxidation sites excluding steroid dienone is 2. The second-order valence-corrected chi connectivity index (χ2v) is 10.8. The molecule has 6 heteroatoms. The van der Waals surface area contributed by atoms with Gasteiger partial charge in [0.15, 0.2) is 0 Å². The predicted octanol–water partition coefficient (Wildman–Crippen LogP) is 3.43. The lowest BCUT2D eigenvalue weighted by molar-refractivity contribution is -0.142. The van der Waals surface area contributed by atoms with Crippen molar-refractivity contribution in [2.75, 3.05) is 51.3 Å². The fourth-order valence-corrected chi connectivity index (χ4v) is 7.59. The van der Waals surface area contributed by atoms with Gasteiger partial charge >= 0.3 is 0 Å². The number of benzene rings is 1. The van der Waals surface area contributed by atoms with Gasteiger partial charge in [0.25, 0.3) is 0 Å². The molecular weight excluding hydrogens is 414 g/mol. The van der Waals surface area contributed by atoms with Crippen LogP contribution in [0.25, 0.3) is 0 Å². The highest BCUT2D eigenvalue weighted by Crippen LogP contribution is 2.74. The normalized spacial score (nSPS) is 36.2. The molecule has 33 heavy (non-hydrogen) atoms. The van der Waals surface area contributed by atoms with E-state index in [4.69, 9.17) is 4.74 Å². The number of methoxy groups -OCH3 is 1. The van der Waals surface area contributed by atoms with E-state index in [0.717, 1.165) is 44.2 Å². The number of ether oxygens (including phenoxy) is 1. The third kappa shape index (κ3) is 2.82. The molecule has 0 aromatic heterocycles. The highest BCUT2D eigenvalue weighted by molar-refractivity contribution is 6.07. The van der Waals surface area contributed by atoms with Crippen molar-refractivity contribution in [3.8, 4) is 5.75 Å². The first-order valence-electron chi connectivity index (χ1n) is 12.3. The summed E-state index contributed by atoms with van der Waals surface area (Å²) in [5, 5.41) is 0. The number of piperazine rings is 1. The Labute approximate surface area is 197 Å². The van der Waals surface area contributed by atoms with E-state index in [1.165, 1.54) is 11.1 Å². The summed E-state index contributed by atoms with van der Waals surface area (Å²) in [4.78, 5) is 33.4. The van der Waals surface area contributed by atoms with E-state index < -0.39 is 0 Å². The molecule has 2 heterocycles. The fraction of sp³-hybridized carbons (Fsp3) is 0.630. The monoisotopic (exact) mass is 451 g/mol. The number of carbonyl (C=O) groups is 2. The smallest absolute Gasteiger partial charge is 0.234 e. The van der Waals surface area contributed by atoms with Gasteiger partial charge in [0, 0.05) is 50.1 Å². The molecule has 0 N–H and O–H groups in total. The molecule has 2 aliphatic heterocycles. The quantitative estimate of drug-likeness (QED) is 0.507. The van der Waals surface area contributed by atoms with Crippen molar-refractivity contribution in [2.24, 2.45) is 28.6 Å². The first kappa shape index (κ1) is 22.5. The maximum Gasteiger partial charge on any atom is 0.234 e. The first-order chi connectivity index (χ1) is 15.7. The maximum atomic E-state index is 13.6. The second-order valence-electron chi connectivity index (χ2n) is 10.8. The van der Waals surface area contributed by atoms with Gasteiger partial charge in [-0.1, -0.05) is 44.1 Å². The molecule has 4 aliphatic rings. The SMILES string of the molecule is COc1ccccc1N1CCN(CCN2C(=O)C3C(C2=O)[C@@]2(C)C(C)=C(C)[C@]3(C)C2C)CC1. The number of fused-ring (bicyclic) bond motifs is 5. The average Bonchev–Trinajstić information content (AvgIpc) is 3.25. The summed E-state index contributed by atoms with van der Waals surface area (Å²) in [6.07, 6.45) is 0. The number of anilines is 1. The highest BCUT2D eigenvalue weighted by atomic mass is 16.5. The van der Waals surface area contributed by atoms with Crippen LogP contribution in [0.4, 0.5) is 5.69 Å². The Hall–Kier alpha value is -2.34. The lowest BCUT2D eigenvalue weighted by Crippen LogP contribution is -2.49. The molecule has 1 aromatic carbocycles. The minimum Gasteiger partial charge on any atom is -0.495 e. The third-order valence-corrected chi connectivity index (χ3v) is 10.1. The molecule has 1 saturated carbocycles. The van der Waals surface area contributed by atoms with E-state index in [0.29, 0.717) is 12.5 Å². The lowest BCUT2D eigenvalue weighted by Gasteiger charge is -2.37. The van der Waals surface area contributed by atoms with Gasteiger partial charge in [-0.25, -0.2) is 0 Å². The zero-order valence-corrected chi connectivity index (χ0v) is 20.9. The topological polar surface area (TPSA) is 53.1 Å². The van der Waals surface area contributed by atoms with Gasteiger partial charge in [0.05, 0.1) is 24.6 Å². The van der Waals surface area contributed by atoms with E-state index in [1.54, 1.807) is 12.0 Å². The van der Waals surface area contributed by atoms with Crippen LogP contribution < -0.4 is 9.64 Å². The Bertz CT molecular complexity index is 983. The van der Waals surface area contributed by atoms with Crippen molar-refractivity contribution in [1.29, 1.82) is 0 Å². The summed E-state index contributed by atoms with van der Waals surface area (Å²) in [5.74, 6) is 0.936. The Morgan fingerprint density at radius 3 is 2.00 bits per heavy atom. The zero-order valence-electron chi connectivity index (χ0n) is 20.9. The van der Waals surface area contributed by atoms with Gasteiger partial charge in [-0.15, -0.1) is 0 Å². The Kier molecular flexibility index (Phi) is 5.16. The molecule has 3 fully saturated rings. The van der Waals surface area contributed by atoms with Gasteiger partial charge in [0.2, 0.25) is 11.8 Å². The average molecular weight is 452 g/mol. The molecule has 5 rings (SSSR count). The minimum absolute atomic E-state index is 0.0579. The standard InChI is InChI=1S/C27H37N3O3/c1-17-18(2)27(5)19(3)26(17,4)22-23(27)25(32)30(24(22)31)16-13-28-11-14-29(15-12-28)20-9-7-8-10-21(20)33-6/h7-10,19,22-23H,11-16H2,1-6H3/t19?,22?,23?,26-,27+. The molecule has 0 spiro atoms. The molecule has 5 atom stereocenters.